The van der Waals surface area contributed by atoms with Gasteiger partial charge in [-0.3, -0.25) is 4.68 Å². The van der Waals surface area contributed by atoms with Crippen molar-refractivity contribution in [1.29, 1.82) is 0 Å². The number of ether oxygens (including phenoxy) is 1. The van der Waals surface area contributed by atoms with Gasteiger partial charge in [0.05, 0.1) is 18.7 Å². The van der Waals surface area contributed by atoms with Gasteiger partial charge >= 0.3 is 6.03 Å². The Bertz CT molecular complexity index is 619. The molecule has 1 aromatic carbocycles. The lowest BCUT2D eigenvalue weighted by molar-refractivity contribution is 0.0868. The van der Waals surface area contributed by atoms with E-state index in [0.717, 1.165) is 37.2 Å². The number of hydrogen-bond acceptors (Lipinski definition) is 3. The van der Waals surface area contributed by atoms with Gasteiger partial charge in [-0.1, -0.05) is 12.1 Å². The van der Waals surface area contributed by atoms with E-state index in [2.05, 4.69) is 15.7 Å². The minimum Gasteiger partial charge on any atom is -0.376 e. The van der Waals surface area contributed by atoms with Crippen LogP contribution in [0.3, 0.4) is 0 Å². The second kappa shape index (κ2) is 7.28. The molecule has 23 heavy (non-hydrogen) atoms. The van der Waals surface area contributed by atoms with E-state index in [1.807, 2.05) is 48.1 Å². The molecule has 6 heteroatoms. The molecule has 2 atom stereocenters. The molecule has 0 aliphatic carbocycles. The summed E-state index contributed by atoms with van der Waals surface area (Å²) in [6, 6.07) is 9.48. The van der Waals surface area contributed by atoms with Gasteiger partial charge in [0.15, 0.2) is 0 Å². The first-order chi connectivity index (χ1) is 11.2. The average Bonchev–Trinajstić information content (AvgIpc) is 3.22. The van der Waals surface area contributed by atoms with E-state index in [1.165, 1.54) is 0 Å². The Morgan fingerprint density at radius 1 is 1.43 bits per heavy atom. The van der Waals surface area contributed by atoms with E-state index in [4.69, 9.17) is 4.74 Å². The summed E-state index contributed by atoms with van der Waals surface area (Å²) in [5.41, 5.74) is 1.90. The Labute approximate surface area is 135 Å². The zero-order valence-corrected chi connectivity index (χ0v) is 13.2. The molecule has 0 radical (unpaired) electrons. The first kappa shape index (κ1) is 15.6. The van der Waals surface area contributed by atoms with E-state index in [1.54, 1.807) is 6.20 Å². The molecule has 2 amide bonds. The molecule has 2 aromatic rings. The number of carbonyl (C=O) groups is 1. The molecule has 1 fully saturated rings. The number of hydrogen-bond donors (Lipinski definition) is 2. The molecule has 2 N–H and O–H groups in total. The van der Waals surface area contributed by atoms with Crippen LogP contribution in [0, 0.1) is 0 Å². The van der Waals surface area contributed by atoms with Crippen molar-refractivity contribution in [2.45, 2.75) is 38.5 Å². The fourth-order valence-corrected chi connectivity index (χ4v) is 2.74. The fourth-order valence-electron chi connectivity index (χ4n) is 2.74. The highest BCUT2D eigenvalue weighted by atomic mass is 16.5. The molecule has 1 aliphatic heterocycles. The summed E-state index contributed by atoms with van der Waals surface area (Å²) in [5, 5.41) is 9.96. The topological polar surface area (TPSA) is 68.2 Å². The van der Waals surface area contributed by atoms with E-state index in [-0.39, 0.29) is 18.2 Å². The molecule has 1 aromatic heterocycles. The number of nitrogens with zero attached hydrogens (tertiary/aromatic N) is 2. The molecule has 0 spiro atoms. The number of aromatic nitrogens is 2. The number of urea groups is 1. The first-order valence-corrected chi connectivity index (χ1v) is 7.96. The highest BCUT2D eigenvalue weighted by molar-refractivity contribution is 5.89. The maximum absolute atomic E-state index is 12.0. The van der Waals surface area contributed by atoms with Crippen molar-refractivity contribution in [2.24, 2.45) is 0 Å². The number of nitrogens with one attached hydrogen (secondary N) is 2. The van der Waals surface area contributed by atoms with Gasteiger partial charge in [0.1, 0.15) is 0 Å². The first-order valence-electron chi connectivity index (χ1n) is 7.96. The molecule has 1 saturated heterocycles. The van der Waals surface area contributed by atoms with Crippen molar-refractivity contribution >= 4 is 11.7 Å². The fraction of sp³-hybridized carbons (Fsp3) is 0.412. The molecule has 122 valence electrons. The third kappa shape index (κ3) is 4.32. The zero-order valence-electron chi connectivity index (χ0n) is 13.2. The predicted molar refractivity (Wildman–Crippen MR) is 88.4 cm³/mol. The summed E-state index contributed by atoms with van der Waals surface area (Å²) in [7, 11) is 0. The maximum atomic E-state index is 12.0. The Hall–Kier alpha value is -2.34. The van der Waals surface area contributed by atoms with Gasteiger partial charge in [0.25, 0.3) is 0 Å². The summed E-state index contributed by atoms with van der Waals surface area (Å²) in [6.45, 7) is 3.48. The minimum absolute atomic E-state index is 0.0107. The van der Waals surface area contributed by atoms with Crippen molar-refractivity contribution in [3.63, 3.8) is 0 Å². The van der Waals surface area contributed by atoms with E-state index >= 15 is 0 Å². The molecule has 0 unspecified atom stereocenters. The quantitative estimate of drug-likeness (QED) is 0.891. The summed E-state index contributed by atoms with van der Waals surface area (Å²) in [4.78, 5) is 12.0. The van der Waals surface area contributed by atoms with Gasteiger partial charge in [-0.25, -0.2) is 4.79 Å². The molecule has 3 rings (SSSR count). The van der Waals surface area contributed by atoms with Crippen molar-refractivity contribution in [3.05, 3.63) is 48.3 Å². The van der Waals surface area contributed by atoms with Crippen LogP contribution in [0.4, 0.5) is 10.5 Å². The van der Waals surface area contributed by atoms with Crippen LogP contribution in [0.15, 0.2) is 42.7 Å². The van der Waals surface area contributed by atoms with Crippen LogP contribution < -0.4 is 10.6 Å². The van der Waals surface area contributed by atoms with Gasteiger partial charge in [0.2, 0.25) is 0 Å². The van der Waals surface area contributed by atoms with E-state index in [9.17, 15) is 4.79 Å². The Morgan fingerprint density at radius 2 is 2.26 bits per heavy atom. The van der Waals surface area contributed by atoms with E-state index < -0.39 is 0 Å². The largest absolute Gasteiger partial charge is 0.376 e. The molecule has 0 saturated carbocycles. The minimum atomic E-state index is -0.201. The van der Waals surface area contributed by atoms with Crippen molar-refractivity contribution in [1.82, 2.24) is 15.1 Å². The number of carbonyl (C=O) groups excluding carboxylic acids is 1. The lowest BCUT2D eigenvalue weighted by Crippen LogP contribution is -2.42. The standard InChI is InChI=1S/C17H22N4O2/c1-13(16-4-2-11-23-16)19-17(22)20-15-7-5-14(6-8-15)12-21-10-3-9-18-21/h3,5-10,13,16H,2,4,11-12H2,1H3,(H2,19,20,22)/t13-,16-/m0/s1. The normalized spacial score (nSPS) is 18.6. The Balaban J connectivity index is 1.50. The predicted octanol–water partition coefficient (Wildman–Crippen LogP) is 2.62. The summed E-state index contributed by atoms with van der Waals surface area (Å²) < 4.78 is 7.44. The average molecular weight is 314 g/mol. The number of benzene rings is 1. The smallest absolute Gasteiger partial charge is 0.319 e. The van der Waals surface area contributed by atoms with Crippen LogP contribution in [0.2, 0.25) is 0 Å². The molecule has 1 aliphatic rings. The second-order valence-corrected chi connectivity index (χ2v) is 5.84. The molecular weight excluding hydrogens is 292 g/mol. The Morgan fingerprint density at radius 3 is 2.91 bits per heavy atom. The maximum Gasteiger partial charge on any atom is 0.319 e. The van der Waals surface area contributed by atoms with Gasteiger partial charge in [0, 0.05) is 24.7 Å². The zero-order chi connectivity index (χ0) is 16.1. The second-order valence-electron chi connectivity index (χ2n) is 5.84. The van der Waals surface area contributed by atoms with Crippen molar-refractivity contribution in [2.75, 3.05) is 11.9 Å². The van der Waals surface area contributed by atoms with E-state index in [0.29, 0.717) is 0 Å². The highest BCUT2D eigenvalue weighted by Gasteiger charge is 2.23. The number of rotatable bonds is 5. The summed E-state index contributed by atoms with van der Waals surface area (Å²) in [5.74, 6) is 0. The lowest BCUT2D eigenvalue weighted by atomic mass is 10.1. The Kier molecular flexibility index (Phi) is 4.92. The molecule has 0 bridgehead atoms. The van der Waals surface area contributed by atoms with Crippen molar-refractivity contribution < 1.29 is 9.53 Å². The van der Waals surface area contributed by atoms with Crippen molar-refractivity contribution in [3.8, 4) is 0 Å². The SMILES string of the molecule is C[C@H](NC(=O)Nc1ccc(Cn2cccn2)cc1)[C@@H]1CCCO1. The number of anilines is 1. The van der Waals surface area contributed by atoms with Gasteiger partial charge in [-0.15, -0.1) is 0 Å². The molecular formula is C17H22N4O2. The molecule has 2 heterocycles. The van der Waals surface area contributed by atoms with Crippen LogP contribution in [0.25, 0.3) is 0 Å². The van der Waals surface area contributed by atoms with Gasteiger partial charge < -0.3 is 15.4 Å². The third-order valence-electron chi connectivity index (χ3n) is 4.00. The van der Waals surface area contributed by atoms with Gasteiger partial charge in [-0.05, 0) is 43.5 Å². The monoisotopic (exact) mass is 314 g/mol. The molecule has 6 nitrogen and oxygen atoms in total. The van der Waals surface area contributed by atoms with Crippen LogP contribution in [-0.4, -0.2) is 34.6 Å². The van der Waals surface area contributed by atoms with Gasteiger partial charge in [-0.2, -0.15) is 5.10 Å². The third-order valence-corrected chi connectivity index (χ3v) is 4.00. The summed E-state index contributed by atoms with van der Waals surface area (Å²) >= 11 is 0. The van der Waals surface area contributed by atoms with Crippen LogP contribution >= 0.6 is 0 Å². The van der Waals surface area contributed by atoms with Crippen LogP contribution in [0.1, 0.15) is 25.3 Å². The number of amides is 2. The highest BCUT2D eigenvalue weighted by Crippen LogP contribution is 2.16. The summed E-state index contributed by atoms with van der Waals surface area (Å²) in [6.07, 6.45) is 5.87. The lowest BCUT2D eigenvalue weighted by Gasteiger charge is -2.20. The van der Waals surface area contributed by atoms with Crippen LogP contribution in [0.5, 0.6) is 0 Å². The van der Waals surface area contributed by atoms with Crippen LogP contribution in [-0.2, 0) is 11.3 Å².